The van der Waals surface area contributed by atoms with Crippen molar-refractivity contribution in [3.8, 4) is 5.75 Å². The van der Waals surface area contributed by atoms with Crippen LogP contribution in [0.2, 0.25) is 0 Å². The van der Waals surface area contributed by atoms with E-state index in [1.54, 1.807) is 11.1 Å². The van der Waals surface area contributed by atoms with Gasteiger partial charge in [-0.25, -0.2) is 5.01 Å². The minimum absolute atomic E-state index is 0.00652. The Morgan fingerprint density at radius 1 is 1.19 bits per heavy atom. The van der Waals surface area contributed by atoms with Crippen LogP contribution in [0.25, 0.3) is 6.08 Å². The summed E-state index contributed by atoms with van der Waals surface area (Å²) in [4.78, 5) is 13.5. The van der Waals surface area contributed by atoms with Crippen LogP contribution < -0.4 is 0 Å². The van der Waals surface area contributed by atoms with Crippen molar-refractivity contribution in [1.29, 1.82) is 0 Å². The summed E-state index contributed by atoms with van der Waals surface area (Å²) in [5.41, 5.74) is 2.37. The van der Waals surface area contributed by atoms with Gasteiger partial charge in [-0.2, -0.15) is 0 Å². The van der Waals surface area contributed by atoms with Crippen molar-refractivity contribution in [2.24, 2.45) is 0 Å². The maximum absolute atomic E-state index is 12.8. The summed E-state index contributed by atoms with van der Waals surface area (Å²) in [6.07, 6.45) is 3.73. The van der Waals surface area contributed by atoms with Crippen molar-refractivity contribution < 1.29 is 9.90 Å². The van der Waals surface area contributed by atoms with Gasteiger partial charge in [0.1, 0.15) is 5.75 Å². The molecule has 0 radical (unpaired) electrons. The summed E-state index contributed by atoms with van der Waals surface area (Å²) < 4.78 is 0. The van der Waals surface area contributed by atoms with Crippen molar-refractivity contribution >= 4 is 23.7 Å². The van der Waals surface area contributed by atoms with Gasteiger partial charge < -0.3 is 5.11 Å². The Morgan fingerprint density at radius 3 is 2.15 bits per heavy atom. The number of phenolic OH excluding ortho intramolecular Hbond substituents is 1. The van der Waals surface area contributed by atoms with Crippen molar-refractivity contribution in [1.82, 2.24) is 10.0 Å². The Hall–Kier alpha value is -1.72. The molecule has 27 heavy (non-hydrogen) atoms. The van der Waals surface area contributed by atoms with Crippen LogP contribution in [0.15, 0.2) is 29.7 Å². The molecule has 1 fully saturated rings. The summed E-state index contributed by atoms with van der Waals surface area (Å²) >= 11 is 1.54. The first-order valence-corrected chi connectivity index (χ1v) is 10.2. The zero-order valence-corrected chi connectivity index (χ0v) is 18.4. The molecule has 148 valence electrons. The lowest BCUT2D eigenvalue weighted by atomic mass is 9.78. The maximum Gasteiger partial charge on any atom is 0.275 e. The highest BCUT2D eigenvalue weighted by molar-refractivity contribution is 8.04. The summed E-state index contributed by atoms with van der Waals surface area (Å²) in [5.74, 6) is 0.965. The fourth-order valence-electron chi connectivity index (χ4n) is 3.06. The number of rotatable bonds is 4. The maximum atomic E-state index is 12.8. The van der Waals surface area contributed by atoms with Gasteiger partial charge >= 0.3 is 0 Å². The van der Waals surface area contributed by atoms with Crippen molar-refractivity contribution in [3.63, 3.8) is 0 Å². The molecule has 4 nitrogen and oxygen atoms in total. The molecular formula is C22H32N2O2S. The predicted octanol–water partition coefficient (Wildman–Crippen LogP) is 4.89. The molecule has 0 aliphatic carbocycles. The fraction of sp³-hybridized carbons (Fsp3) is 0.500. The van der Waals surface area contributed by atoms with E-state index in [1.807, 2.05) is 30.3 Å². The molecule has 1 aromatic carbocycles. The number of likely N-dealkylation sites (N-methyl/N-ethyl adjacent to an activating group) is 1. The Bertz CT molecular complexity index is 734. The number of phenols is 1. The molecule has 0 bridgehead atoms. The highest BCUT2D eigenvalue weighted by Crippen LogP contribution is 2.41. The number of carbonyl (C=O) groups is 1. The van der Waals surface area contributed by atoms with Crippen LogP contribution in [-0.2, 0) is 15.6 Å². The lowest BCUT2D eigenvalue weighted by Gasteiger charge is -2.28. The molecule has 1 aliphatic heterocycles. The van der Waals surface area contributed by atoms with Gasteiger partial charge in [-0.1, -0.05) is 59.4 Å². The number of carbonyl (C=O) groups excluding carboxylic acids is 1. The molecule has 0 atom stereocenters. The minimum Gasteiger partial charge on any atom is -0.507 e. The van der Waals surface area contributed by atoms with E-state index >= 15 is 0 Å². The molecule has 1 saturated heterocycles. The number of aromatic hydroxyl groups is 1. The SMILES string of the molecule is C=CCN(C)N1CS/C(=C\c2cc(C(C)(C)C)c(O)c(C(C)(C)C)c2)C1=O. The third-order valence-corrected chi connectivity index (χ3v) is 5.62. The predicted molar refractivity (Wildman–Crippen MR) is 116 cm³/mol. The van der Waals surface area contributed by atoms with Gasteiger partial charge in [0.25, 0.3) is 5.91 Å². The van der Waals surface area contributed by atoms with Crippen LogP contribution in [0, 0.1) is 0 Å². The van der Waals surface area contributed by atoms with Crippen molar-refractivity contribution in [2.75, 3.05) is 19.5 Å². The molecular weight excluding hydrogens is 356 g/mol. The Morgan fingerprint density at radius 2 is 1.70 bits per heavy atom. The second kappa shape index (κ2) is 7.72. The van der Waals surface area contributed by atoms with E-state index in [-0.39, 0.29) is 16.7 Å². The molecule has 1 amide bonds. The smallest absolute Gasteiger partial charge is 0.275 e. The third kappa shape index (κ3) is 4.77. The molecule has 1 aromatic rings. The summed E-state index contributed by atoms with van der Waals surface area (Å²) in [7, 11) is 1.89. The standard InChI is InChI=1S/C22H32N2O2S/c1-9-10-23(8)24-14-27-18(20(24)26)13-15-11-16(21(2,3)4)19(25)17(12-15)22(5,6)7/h9,11-13,25H,1,10,14H2,2-8H3/b18-13-. The summed E-state index contributed by atoms with van der Waals surface area (Å²) in [6, 6.07) is 4.00. The number of amides is 1. The minimum atomic E-state index is -0.193. The molecule has 5 heteroatoms. The topological polar surface area (TPSA) is 43.8 Å². The van der Waals surface area contributed by atoms with Crippen LogP contribution >= 0.6 is 11.8 Å². The Balaban J connectivity index is 2.49. The normalized spacial score (nSPS) is 17.3. The molecule has 1 heterocycles. The lowest BCUT2D eigenvalue weighted by molar-refractivity contribution is -0.137. The zero-order valence-electron chi connectivity index (χ0n) is 17.6. The zero-order chi connectivity index (χ0) is 20.6. The van der Waals surface area contributed by atoms with Gasteiger partial charge in [0, 0.05) is 24.7 Å². The highest BCUT2D eigenvalue weighted by Gasteiger charge is 2.30. The summed E-state index contributed by atoms with van der Waals surface area (Å²) in [6.45, 7) is 16.9. The van der Waals surface area contributed by atoms with E-state index in [9.17, 15) is 9.90 Å². The third-order valence-electron chi connectivity index (χ3n) is 4.64. The fourth-order valence-corrected chi connectivity index (χ4v) is 4.08. The molecule has 1 aliphatic rings. The van der Waals surface area contributed by atoms with Gasteiger partial charge in [-0.05, 0) is 34.6 Å². The molecule has 0 unspecified atom stereocenters. The van der Waals surface area contributed by atoms with Crippen LogP contribution in [-0.4, -0.2) is 40.5 Å². The molecule has 1 N–H and O–H groups in total. The second-order valence-electron chi connectivity index (χ2n) is 9.08. The van der Waals surface area contributed by atoms with E-state index in [0.29, 0.717) is 18.2 Å². The lowest BCUT2D eigenvalue weighted by Crippen LogP contribution is -2.40. The van der Waals surface area contributed by atoms with E-state index in [1.165, 1.54) is 11.8 Å². The van der Waals surface area contributed by atoms with E-state index in [2.05, 4.69) is 48.1 Å². The Labute approximate surface area is 167 Å². The van der Waals surface area contributed by atoms with Gasteiger partial charge in [0.05, 0.1) is 10.8 Å². The molecule has 0 aromatic heterocycles. The van der Waals surface area contributed by atoms with Gasteiger partial charge in [-0.3, -0.25) is 9.80 Å². The van der Waals surface area contributed by atoms with Crippen LogP contribution in [0.4, 0.5) is 0 Å². The van der Waals surface area contributed by atoms with Crippen LogP contribution in [0.1, 0.15) is 58.2 Å². The summed E-state index contributed by atoms with van der Waals surface area (Å²) in [5, 5.41) is 14.5. The van der Waals surface area contributed by atoms with Crippen molar-refractivity contribution in [3.05, 3.63) is 46.4 Å². The van der Waals surface area contributed by atoms with Gasteiger partial charge in [-0.15, -0.1) is 6.58 Å². The number of hydrazine groups is 1. The monoisotopic (exact) mass is 388 g/mol. The molecule has 0 spiro atoms. The van der Waals surface area contributed by atoms with Crippen LogP contribution in [0.5, 0.6) is 5.75 Å². The number of benzene rings is 1. The molecule has 0 saturated carbocycles. The average Bonchev–Trinajstić information content (AvgIpc) is 2.88. The number of hydrogen-bond donors (Lipinski definition) is 1. The number of nitrogens with zero attached hydrogens (tertiary/aromatic N) is 2. The molecule has 2 rings (SSSR count). The first kappa shape index (κ1) is 21.6. The van der Waals surface area contributed by atoms with Gasteiger partial charge in [0.2, 0.25) is 0 Å². The number of thioether (sulfide) groups is 1. The Kier molecular flexibility index (Phi) is 6.17. The largest absolute Gasteiger partial charge is 0.507 e. The van der Waals surface area contributed by atoms with Crippen molar-refractivity contribution in [2.45, 2.75) is 52.4 Å². The number of hydrogen-bond acceptors (Lipinski definition) is 4. The quantitative estimate of drug-likeness (QED) is 0.589. The average molecular weight is 389 g/mol. The highest BCUT2D eigenvalue weighted by atomic mass is 32.2. The first-order valence-electron chi connectivity index (χ1n) is 9.22. The van der Waals surface area contributed by atoms with E-state index in [0.717, 1.165) is 21.6 Å². The van der Waals surface area contributed by atoms with E-state index < -0.39 is 0 Å². The van der Waals surface area contributed by atoms with Crippen LogP contribution in [0.3, 0.4) is 0 Å². The van der Waals surface area contributed by atoms with Gasteiger partial charge in [0.15, 0.2) is 0 Å². The second-order valence-corrected chi connectivity index (χ2v) is 10.1. The van der Waals surface area contributed by atoms with E-state index in [4.69, 9.17) is 0 Å². The first-order chi connectivity index (χ1) is 12.4.